The zero-order chi connectivity index (χ0) is 17.8. The van der Waals surface area contributed by atoms with Crippen LogP contribution in [0.4, 0.5) is 0 Å². The summed E-state index contributed by atoms with van der Waals surface area (Å²) in [5.41, 5.74) is 0. The van der Waals surface area contributed by atoms with Crippen LogP contribution in [-0.2, 0) is 14.3 Å². The summed E-state index contributed by atoms with van der Waals surface area (Å²) in [4.78, 5) is 21.9. The van der Waals surface area contributed by atoms with Crippen molar-refractivity contribution < 1.29 is 14.3 Å². The van der Waals surface area contributed by atoms with Crippen molar-refractivity contribution in [3.05, 3.63) is 0 Å². The highest BCUT2D eigenvalue weighted by atomic mass is 16.5. The SMILES string of the molecule is CC(=O)CCCCCCCCCC[C@@H]1CC[C@@H](OC(C)=O)[C@@H](C)N1. The maximum atomic E-state index is 11.1. The number of hydrogen-bond donors (Lipinski definition) is 1. The predicted molar refractivity (Wildman–Crippen MR) is 98.0 cm³/mol. The van der Waals surface area contributed by atoms with Crippen LogP contribution in [0.5, 0.6) is 0 Å². The fourth-order valence-corrected chi connectivity index (χ4v) is 3.61. The summed E-state index contributed by atoms with van der Waals surface area (Å²) in [6, 6.07) is 0.848. The van der Waals surface area contributed by atoms with E-state index in [1.165, 1.54) is 58.3 Å². The first-order valence-corrected chi connectivity index (χ1v) is 9.91. The lowest BCUT2D eigenvalue weighted by Gasteiger charge is -2.35. The number of carbonyl (C=O) groups excluding carboxylic acids is 2. The Bertz CT molecular complexity index is 370. The second-order valence-corrected chi connectivity index (χ2v) is 7.45. The first-order valence-electron chi connectivity index (χ1n) is 9.91. The molecule has 140 valence electrons. The van der Waals surface area contributed by atoms with Gasteiger partial charge in [0.2, 0.25) is 0 Å². The predicted octanol–water partition coefficient (Wildman–Crippen LogP) is 4.55. The molecule has 4 heteroatoms. The third kappa shape index (κ3) is 10.1. The molecule has 1 aliphatic rings. The molecule has 0 aliphatic carbocycles. The van der Waals surface area contributed by atoms with Crippen molar-refractivity contribution in [2.45, 2.75) is 116 Å². The van der Waals surface area contributed by atoms with Crippen LogP contribution in [0.3, 0.4) is 0 Å². The van der Waals surface area contributed by atoms with Crippen molar-refractivity contribution in [1.29, 1.82) is 0 Å². The average molecular weight is 340 g/mol. The molecule has 1 N–H and O–H groups in total. The van der Waals surface area contributed by atoms with E-state index in [0.29, 0.717) is 11.8 Å². The summed E-state index contributed by atoms with van der Waals surface area (Å²) in [7, 11) is 0. The number of unbranched alkanes of at least 4 members (excludes halogenated alkanes) is 7. The normalized spacial score (nSPS) is 23.9. The molecule has 0 aromatic carbocycles. The van der Waals surface area contributed by atoms with Gasteiger partial charge >= 0.3 is 5.97 Å². The molecule has 1 aliphatic heterocycles. The zero-order valence-corrected chi connectivity index (χ0v) is 15.9. The van der Waals surface area contributed by atoms with Gasteiger partial charge in [-0.3, -0.25) is 4.79 Å². The molecule has 0 saturated carbocycles. The van der Waals surface area contributed by atoms with Crippen molar-refractivity contribution in [2.24, 2.45) is 0 Å². The Morgan fingerprint density at radius 2 is 1.50 bits per heavy atom. The van der Waals surface area contributed by atoms with E-state index >= 15 is 0 Å². The maximum Gasteiger partial charge on any atom is 0.302 e. The molecule has 1 saturated heterocycles. The van der Waals surface area contributed by atoms with E-state index in [-0.39, 0.29) is 18.1 Å². The molecule has 24 heavy (non-hydrogen) atoms. The monoisotopic (exact) mass is 339 g/mol. The van der Waals surface area contributed by atoms with Crippen molar-refractivity contribution in [1.82, 2.24) is 5.32 Å². The molecule has 0 radical (unpaired) electrons. The van der Waals surface area contributed by atoms with Gasteiger partial charge in [0.05, 0.1) is 0 Å². The van der Waals surface area contributed by atoms with E-state index in [4.69, 9.17) is 4.74 Å². The van der Waals surface area contributed by atoms with Crippen molar-refractivity contribution in [2.75, 3.05) is 0 Å². The Morgan fingerprint density at radius 3 is 2.04 bits per heavy atom. The van der Waals surface area contributed by atoms with Crippen LogP contribution in [0.15, 0.2) is 0 Å². The summed E-state index contributed by atoms with van der Waals surface area (Å²) < 4.78 is 5.34. The highest BCUT2D eigenvalue weighted by Gasteiger charge is 2.28. The maximum absolute atomic E-state index is 11.1. The van der Waals surface area contributed by atoms with Gasteiger partial charge in [0.1, 0.15) is 11.9 Å². The second-order valence-electron chi connectivity index (χ2n) is 7.45. The number of piperidine rings is 1. The largest absolute Gasteiger partial charge is 0.461 e. The van der Waals surface area contributed by atoms with Gasteiger partial charge in [-0.2, -0.15) is 0 Å². The lowest BCUT2D eigenvalue weighted by Crippen LogP contribution is -2.50. The van der Waals surface area contributed by atoms with Gasteiger partial charge in [0.15, 0.2) is 0 Å². The highest BCUT2D eigenvalue weighted by Crippen LogP contribution is 2.21. The summed E-state index contributed by atoms with van der Waals surface area (Å²) >= 11 is 0. The molecule has 1 rings (SSSR count). The minimum Gasteiger partial charge on any atom is -0.461 e. The zero-order valence-electron chi connectivity index (χ0n) is 15.9. The topological polar surface area (TPSA) is 55.4 Å². The van der Waals surface area contributed by atoms with Crippen molar-refractivity contribution >= 4 is 11.8 Å². The highest BCUT2D eigenvalue weighted by molar-refractivity contribution is 5.75. The van der Waals surface area contributed by atoms with Crippen molar-refractivity contribution in [3.63, 3.8) is 0 Å². The molecule has 4 nitrogen and oxygen atoms in total. The van der Waals surface area contributed by atoms with Gasteiger partial charge in [-0.25, -0.2) is 0 Å². The van der Waals surface area contributed by atoms with Crippen LogP contribution in [0.2, 0.25) is 0 Å². The first kappa shape index (κ1) is 21.1. The van der Waals surface area contributed by atoms with Gasteiger partial charge in [-0.15, -0.1) is 0 Å². The Labute approximate surface area is 148 Å². The molecule has 0 aromatic heterocycles. The quantitative estimate of drug-likeness (QED) is 0.419. The standard InChI is InChI=1S/C20H37NO3/c1-16(22)12-10-8-6-4-5-7-9-11-13-19-14-15-20(17(2)21-19)24-18(3)23/h17,19-21H,4-15H2,1-3H3/t17-,19-,20-/m1/s1. The van der Waals surface area contributed by atoms with Crippen LogP contribution >= 0.6 is 0 Å². The Kier molecular flexibility index (Phi) is 11.0. The molecular formula is C20H37NO3. The molecule has 0 aromatic rings. The lowest BCUT2D eigenvalue weighted by atomic mass is 9.93. The Balaban J connectivity index is 1.93. The molecule has 3 atom stereocenters. The number of ether oxygens (including phenoxy) is 1. The molecular weight excluding hydrogens is 302 g/mol. The van der Waals surface area contributed by atoms with E-state index in [1.807, 2.05) is 0 Å². The molecule has 0 bridgehead atoms. The number of carbonyl (C=O) groups is 2. The number of esters is 1. The third-order valence-corrected chi connectivity index (χ3v) is 5.00. The van der Waals surface area contributed by atoms with E-state index < -0.39 is 0 Å². The minimum atomic E-state index is -0.173. The number of Topliss-reactive ketones (excluding diaryl/α,β-unsaturated/α-hetero) is 1. The van der Waals surface area contributed by atoms with Crippen LogP contribution in [0.25, 0.3) is 0 Å². The number of nitrogens with one attached hydrogen (secondary N) is 1. The molecule has 1 fully saturated rings. The smallest absolute Gasteiger partial charge is 0.302 e. The fraction of sp³-hybridized carbons (Fsp3) is 0.900. The minimum absolute atomic E-state index is 0.0433. The molecule has 0 amide bonds. The van der Waals surface area contributed by atoms with Crippen LogP contribution in [0, 0.1) is 0 Å². The van der Waals surface area contributed by atoms with Gasteiger partial charge in [-0.1, -0.05) is 44.9 Å². The average Bonchev–Trinajstić information content (AvgIpc) is 2.51. The van der Waals surface area contributed by atoms with Gasteiger partial charge < -0.3 is 14.8 Å². The van der Waals surface area contributed by atoms with E-state index in [2.05, 4.69) is 12.2 Å². The van der Waals surface area contributed by atoms with Gasteiger partial charge in [0, 0.05) is 25.4 Å². The van der Waals surface area contributed by atoms with E-state index in [0.717, 1.165) is 25.7 Å². The molecule has 0 unspecified atom stereocenters. The number of hydrogen-bond acceptors (Lipinski definition) is 4. The summed E-state index contributed by atoms with van der Waals surface area (Å²) in [5.74, 6) is 0.146. The Morgan fingerprint density at radius 1 is 0.917 bits per heavy atom. The molecule has 0 spiro atoms. The van der Waals surface area contributed by atoms with E-state index in [1.54, 1.807) is 6.92 Å². The van der Waals surface area contributed by atoms with E-state index in [9.17, 15) is 9.59 Å². The summed E-state index contributed by atoms with van der Waals surface area (Å²) in [6.07, 6.45) is 14.2. The lowest BCUT2D eigenvalue weighted by molar-refractivity contribution is -0.149. The second kappa shape index (κ2) is 12.5. The van der Waals surface area contributed by atoms with Crippen LogP contribution in [-0.4, -0.2) is 29.9 Å². The van der Waals surface area contributed by atoms with Crippen LogP contribution < -0.4 is 5.32 Å². The van der Waals surface area contributed by atoms with Crippen molar-refractivity contribution in [3.8, 4) is 0 Å². The Hall–Kier alpha value is -0.900. The fourth-order valence-electron chi connectivity index (χ4n) is 3.61. The summed E-state index contributed by atoms with van der Waals surface area (Å²) in [6.45, 7) is 5.28. The number of ketones is 1. The third-order valence-electron chi connectivity index (χ3n) is 5.00. The van der Waals surface area contributed by atoms with Crippen LogP contribution in [0.1, 0.15) is 97.8 Å². The first-order chi connectivity index (χ1) is 11.5. The van der Waals surface area contributed by atoms with Gasteiger partial charge in [-0.05, 0) is 39.5 Å². The summed E-state index contributed by atoms with van der Waals surface area (Å²) in [5, 5.41) is 3.60. The number of rotatable bonds is 12. The van der Waals surface area contributed by atoms with Gasteiger partial charge in [0.25, 0.3) is 0 Å². The molecule has 1 heterocycles.